The number of amides is 1. The average molecular weight is 397 g/mol. The first-order valence-corrected chi connectivity index (χ1v) is 9.47. The Morgan fingerprint density at radius 3 is 2.65 bits per heavy atom. The SMILES string of the molecule is CCOC(=O)c1c(NC(=O)CSc2nnc(C)c(=O)n2N)sc(C)c1C. The molecule has 140 valence electrons. The van der Waals surface area contributed by atoms with Crippen LogP contribution in [0.2, 0.25) is 0 Å². The number of carbonyl (C=O) groups excluding carboxylic acids is 2. The summed E-state index contributed by atoms with van der Waals surface area (Å²) in [5, 5.41) is 10.8. The van der Waals surface area contributed by atoms with Gasteiger partial charge in [0.25, 0.3) is 5.56 Å². The minimum atomic E-state index is -0.475. The zero-order valence-corrected chi connectivity index (χ0v) is 16.4. The number of esters is 1. The lowest BCUT2D eigenvalue weighted by molar-refractivity contribution is -0.113. The van der Waals surface area contributed by atoms with E-state index in [2.05, 4.69) is 15.5 Å². The van der Waals surface area contributed by atoms with Crippen molar-refractivity contribution in [3.05, 3.63) is 32.1 Å². The van der Waals surface area contributed by atoms with Crippen LogP contribution in [0.1, 0.15) is 33.4 Å². The summed E-state index contributed by atoms with van der Waals surface area (Å²) >= 11 is 2.28. The Balaban J connectivity index is 2.11. The molecule has 0 unspecified atom stereocenters. The van der Waals surface area contributed by atoms with Crippen LogP contribution < -0.4 is 16.7 Å². The maximum Gasteiger partial charge on any atom is 0.341 e. The van der Waals surface area contributed by atoms with Crippen molar-refractivity contribution in [2.45, 2.75) is 32.9 Å². The minimum absolute atomic E-state index is 0.0490. The van der Waals surface area contributed by atoms with Gasteiger partial charge in [0.15, 0.2) is 0 Å². The summed E-state index contributed by atoms with van der Waals surface area (Å²) in [5.74, 6) is 4.74. The smallest absolute Gasteiger partial charge is 0.341 e. The molecule has 2 rings (SSSR count). The summed E-state index contributed by atoms with van der Waals surface area (Å²) < 4.78 is 5.90. The Morgan fingerprint density at radius 2 is 2.00 bits per heavy atom. The number of aryl methyl sites for hydroxylation is 2. The number of nitrogens with one attached hydrogen (secondary N) is 1. The molecule has 11 heteroatoms. The highest BCUT2D eigenvalue weighted by Gasteiger charge is 2.22. The van der Waals surface area contributed by atoms with Crippen LogP contribution >= 0.6 is 23.1 Å². The molecule has 0 aliphatic rings. The standard InChI is InChI=1S/C15H19N5O4S2/c1-5-24-14(23)11-7(2)9(4)26-12(11)17-10(21)6-25-15-19-18-8(3)13(22)20(15)16/h5-6,16H2,1-4H3,(H,17,21). The van der Waals surface area contributed by atoms with E-state index in [1.165, 1.54) is 18.3 Å². The van der Waals surface area contributed by atoms with E-state index in [0.29, 0.717) is 10.6 Å². The zero-order chi connectivity index (χ0) is 19.4. The highest BCUT2D eigenvalue weighted by Crippen LogP contribution is 2.33. The number of thioether (sulfide) groups is 1. The van der Waals surface area contributed by atoms with Crippen LogP contribution in [0, 0.1) is 20.8 Å². The maximum absolute atomic E-state index is 12.2. The number of ether oxygens (including phenoxy) is 1. The van der Waals surface area contributed by atoms with Gasteiger partial charge in [-0.25, -0.2) is 4.79 Å². The molecule has 0 aromatic carbocycles. The van der Waals surface area contributed by atoms with Crippen LogP contribution in [0.5, 0.6) is 0 Å². The van der Waals surface area contributed by atoms with Gasteiger partial charge in [0, 0.05) is 4.88 Å². The summed E-state index contributed by atoms with van der Waals surface area (Å²) in [6.07, 6.45) is 0. The number of hydrogen-bond donors (Lipinski definition) is 2. The number of anilines is 1. The number of aromatic nitrogens is 3. The molecule has 9 nitrogen and oxygen atoms in total. The number of nitrogen functional groups attached to an aromatic ring is 1. The van der Waals surface area contributed by atoms with Crippen molar-refractivity contribution in [3.8, 4) is 0 Å². The summed E-state index contributed by atoms with van der Waals surface area (Å²) in [7, 11) is 0. The highest BCUT2D eigenvalue weighted by atomic mass is 32.2. The van der Waals surface area contributed by atoms with Crippen LogP contribution in [-0.4, -0.2) is 39.1 Å². The Hall–Kier alpha value is -2.40. The molecule has 26 heavy (non-hydrogen) atoms. The van der Waals surface area contributed by atoms with Gasteiger partial charge in [-0.15, -0.1) is 21.5 Å². The van der Waals surface area contributed by atoms with Crippen molar-refractivity contribution in [1.29, 1.82) is 0 Å². The second-order valence-corrected chi connectivity index (χ2v) is 7.46. The van der Waals surface area contributed by atoms with Crippen LogP contribution in [0.25, 0.3) is 0 Å². The zero-order valence-electron chi connectivity index (χ0n) is 14.8. The maximum atomic E-state index is 12.2. The Labute approximate surface area is 157 Å². The molecule has 2 aromatic heterocycles. The topological polar surface area (TPSA) is 129 Å². The third-order valence-electron chi connectivity index (χ3n) is 3.47. The normalized spacial score (nSPS) is 10.6. The summed E-state index contributed by atoms with van der Waals surface area (Å²) in [5.41, 5.74) is 0.831. The predicted octanol–water partition coefficient (Wildman–Crippen LogP) is 1.25. The molecular weight excluding hydrogens is 378 g/mol. The fraction of sp³-hybridized carbons (Fsp3) is 0.400. The van der Waals surface area contributed by atoms with E-state index in [1.807, 2.05) is 6.92 Å². The van der Waals surface area contributed by atoms with Crippen LogP contribution in [-0.2, 0) is 9.53 Å². The molecule has 0 aliphatic heterocycles. The number of hydrogen-bond acceptors (Lipinski definition) is 9. The van der Waals surface area contributed by atoms with Crippen molar-refractivity contribution in [3.63, 3.8) is 0 Å². The van der Waals surface area contributed by atoms with E-state index in [9.17, 15) is 14.4 Å². The third-order valence-corrected chi connectivity index (χ3v) is 5.54. The molecule has 1 amide bonds. The van der Waals surface area contributed by atoms with Gasteiger partial charge in [-0.05, 0) is 33.3 Å². The summed E-state index contributed by atoms with van der Waals surface area (Å²) in [6.45, 7) is 7.13. The van der Waals surface area contributed by atoms with Gasteiger partial charge in [0.1, 0.15) is 10.7 Å². The molecule has 0 saturated carbocycles. The van der Waals surface area contributed by atoms with E-state index < -0.39 is 11.5 Å². The van der Waals surface area contributed by atoms with Gasteiger partial charge in [0.05, 0.1) is 17.9 Å². The lowest BCUT2D eigenvalue weighted by Crippen LogP contribution is -2.32. The first-order valence-electron chi connectivity index (χ1n) is 7.67. The Bertz CT molecular complexity index is 906. The molecule has 2 aromatic rings. The largest absolute Gasteiger partial charge is 0.462 e. The van der Waals surface area contributed by atoms with Gasteiger partial charge < -0.3 is 15.9 Å². The van der Waals surface area contributed by atoms with E-state index in [0.717, 1.165) is 26.9 Å². The Kier molecular flexibility index (Phi) is 6.37. The number of carbonyl (C=O) groups is 2. The monoisotopic (exact) mass is 397 g/mol. The van der Waals surface area contributed by atoms with Gasteiger partial charge >= 0.3 is 5.97 Å². The van der Waals surface area contributed by atoms with Gasteiger partial charge in [-0.2, -0.15) is 4.68 Å². The van der Waals surface area contributed by atoms with Crippen LogP contribution in [0.3, 0.4) is 0 Å². The molecule has 2 heterocycles. The van der Waals surface area contributed by atoms with Crippen molar-refractivity contribution in [2.75, 3.05) is 23.5 Å². The molecule has 0 radical (unpaired) electrons. The van der Waals surface area contributed by atoms with Crippen molar-refractivity contribution < 1.29 is 14.3 Å². The fourth-order valence-corrected chi connectivity index (χ4v) is 3.74. The van der Waals surface area contributed by atoms with E-state index in [1.54, 1.807) is 13.8 Å². The number of thiophene rings is 1. The first kappa shape index (κ1) is 19.9. The third kappa shape index (κ3) is 4.22. The van der Waals surface area contributed by atoms with Crippen molar-refractivity contribution in [1.82, 2.24) is 14.9 Å². The Morgan fingerprint density at radius 1 is 1.31 bits per heavy atom. The number of rotatable bonds is 6. The fourth-order valence-electron chi connectivity index (χ4n) is 2.03. The van der Waals surface area contributed by atoms with Crippen LogP contribution in [0.15, 0.2) is 9.95 Å². The summed E-state index contributed by atoms with van der Waals surface area (Å²) in [4.78, 5) is 37.0. The number of nitrogens with zero attached hydrogens (tertiary/aromatic N) is 3. The molecular formula is C15H19N5O4S2. The first-order chi connectivity index (χ1) is 12.3. The summed E-state index contributed by atoms with van der Waals surface area (Å²) in [6, 6.07) is 0. The molecule has 0 atom stereocenters. The van der Waals surface area contributed by atoms with Crippen LogP contribution in [0.4, 0.5) is 5.00 Å². The van der Waals surface area contributed by atoms with E-state index in [-0.39, 0.29) is 29.1 Å². The quantitative estimate of drug-likeness (QED) is 0.423. The van der Waals surface area contributed by atoms with E-state index >= 15 is 0 Å². The molecule has 0 bridgehead atoms. The van der Waals surface area contributed by atoms with Gasteiger partial charge in [-0.3, -0.25) is 9.59 Å². The molecule has 3 N–H and O–H groups in total. The van der Waals surface area contributed by atoms with E-state index in [4.69, 9.17) is 10.6 Å². The minimum Gasteiger partial charge on any atom is -0.462 e. The molecule has 0 aliphatic carbocycles. The second-order valence-electron chi connectivity index (χ2n) is 5.29. The molecule has 0 fully saturated rings. The van der Waals surface area contributed by atoms with Crippen molar-refractivity contribution >= 4 is 40.0 Å². The lowest BCUT2D eigenvalue weighted by atomic mass is 10.1. The molecule has 0 spiro atoms. The second kappa shape index (κ2) is 8.32. The van der Waals surface area contributed by atoms with Crippen molar-refractivity contribution in [2.24, 2.45) is 0 Å². The predicted molar refractivity (Wildman–Crippen MR) is 100 cm³/mol. The highest BCUT2D eigenvalue weighted by molar-refractivity contribution is 7.99. The lowest BCUT2D eigenvalue weighted by Gasteiger charge is -2.08. The van der Waals surface area contributed by atoms with Gasteiger partial charge in [-0.1, -0.05) is 11.8 Å². The number of nitrogens with two attached hydrogens (primary N) is 1. The average Bonchev–Trinajstić information content (AvgIpc) is 2.86. The molecule has 0 saturated heterocycles. The van der Waals surface area contributed by atoms with Gasteiger partial charge in [0.2, 0.25) is 11.1 Å².